The third kappa shape index (κ3) is 4.81. The van der Waals surface area contributed by atoms with Crippen LogP contribution in [0, 0.1) is 11.2 Å². The van der Waals surface area contributed by atoms with Crippen molar-refractivity contribution in [2.75, 3.05) is 43.4 Å². The Morgan fingerprint density at radius 2 is 1.98 bits per heavy atom. The monoisotopic (exact) mass is 572 g/mol. The van der Waals surface area contributed by atoms with Crippen LogP contribution in [0.4, 0.5) is 15.9 Å². The smallest absolute Gasteiger partial charge is 0.279 e. The zero-order valence-corrected chi connectivity index (χ0v) is 23.7. The van der Waals surface area contributed by atoms with Crippen LogP contribution in [0.15, 0.2) is 41.1 Å². The van der Waals surface area contributed by atoms with E-state index in [1.807, 2.05) is 7.05 Å². The van der Waals surface area contributed by atoms with Gasteiger partial charge in [-0.2, -0.15) is 0 Å². The number of hydrogen-bond acceptors (Lipinski definition) is 7. The highest BCUT2D eigenvalue weighted by Crippen LogP contribution is 2.35. The van der Waals surface area contributed by atoms with Crippen LogP contribution in [0.3, 0.4) is 0 Å². The summed E-state index contributed by atoms with van der Waals surface area (Å²) in [6.45, 7) is 3.00. The van der Waals surface area contributed by atoms with Gasteiger partial charge in [-0.05, 0) is 50.4 Å². The number of halogens is 1. The van der Waals surface area contributed by atoms with Crippen LogP contribution in [-0.2, 0) is 26.4 Å². The summed E-state index contributed by atoms with van der Waals surface area (Å²) in [5.41, 5.74) is 3.38. The molecule has 3 aromatic rings. The molecule has 0 bridgehead atoms. The molecule has 11 nitrogen and oxygen atoms in total. The molecule has 2 aliphatic heterocycles. The van der Waals surface area contributed by atoms with E-state index >= 15 is 4.39 Å². The molecular weight excluding hydrogens is 539 g/mol. The average molecular weight is 573 g/mol. The molecule has 0 unspecified atom stereocenters. The first kappa shape index (κ1) is 27.6. The van der Waals surface area contributed by atoms with E-state index < -0.39 is 11.7 Å². The second-order valence-electron chi connectivity index (χ2n) is 11.0. The first-order valence-corrected chi connectivity index (χ1v) is 14.1. The number of carbonyl (C=O) groups excluding carboxylic acids is 2. The third-order valence-corrected chi connectivity index (χ3v) is 8.21. The molecule has 0 spiro atoms. The van der Waals surface area contributed by atoms with Crippen molar-refractivity contribution in [3.63, 3.8) is 0 Å². The standard InChI is InChI=1S/C30H33FN8O3/c1-36-10-9-33-19(16-36)14-25(32)35-23-13-18(15-37(2)29(23)41)20-7-8-34-28(22(20)17-40)39-12-11-38-24-6-4-3-5-21(24)26(31)27(38)30(39)42/h7-8,13-15,17,33H,3-6,9-12,16H2,1-2H3,(H2,32,35)/b19-14-. The van der Waals surface area contributed by atoms with Crippen LogP contribution in [0.2, 0.25) is 0 Å². The number of amides is 1. The molecule has 0 saturated carbocycles. The summed E-state index contributed by atoms with van der Waals surface area (Å²) in [4.78, 5) is 47.0. The van der Waals surface area contributed by atoms with Crippen LogP contribution in [0.1, 0.15) is 44.9 Å². The Kier molecular flexibility index (Phi) is 7.23. The highest BCUT2D eigenvalue weighted by molar-refractivity contribution is 6.09. The van der Waals surface area contributed by atoms with E-state index in [0.717, 1.165) is 43.7 Å². The van der Waals surface area contributed by atoms with Gasteiger partial charge in [0.15, 0.2) is 12.1 Å². The number of fused-ring (bicyclic) bond motifs is 3. The Morgan fingerprint density at radius 1 is 1.17 bits per heavy atom. The first-order valence-electron chi connectivity index (χ1n) is 14.1. The minimum absolute atomic E-state index is 0.0251. The van der Waals surface area contributed by atoms with E-state index in [1.165, 1.54) is 15.7 Å². The number of anilines is 2. The minimum atomic E-state index is -0.521. The summed E-state index contributed by atoms with van der Waals surface area (Å²) < 4.78 is 18.6. The van der Waals surface area contributed by atoms with E-state index in [0.29, 0.717) is 42.5 Å². The molecule has 1 aliphatic carbocycles. The van der Waals surface area contributed by atoms with Crippen molar-refractivity contribution in [1.29, 1.82) is 5.41 Å². The van der Waals surface area contributed by atoms with E-state index in [2.05, 4.69) is 20.5 Å². The van der Waals surface area contributed by atoms with E-state index in [1.54, 1.807) is 36.0 Å². The summed E-state index contributed by atoms with van der Waals surface area (Å²) in [6, 6.07) is 3.22. The topological polar surface area (TPSA) is 128 Å². The van der Waals surface area contributed by atoms with E-state index in [4.69, 9.17) is 5.41 Å². The maximum absolute atomic E-state index is 15.4. The molecular formula is C30H33FN8O3. The van der Waals surface area contributed by atoms with Gasteiger partial charge in [0.05, 0.1) is 5.56 Å². The molecule has 1 saturated heterocycles. The number of aldehydes is 1. The Labute approximate surface area is 242 Å². The zero-order valence-electron chi connectivity index (χ0n) is 23.7. The van der Waals surface area contributed by atoms with E-state index in [9.17, 15) is 14.4 Å². The minimum Gasteiger partial charge on any atom is -0.386 e. The average Bonchev–Trinajstić information content (AvgIpc) is 3.27. The van der Waals surface area contributed by atoms with Crippen molar-refractivity contribution in [2.24, 2.45) is 7.05 Å². The SMILES string of the molecule is CN1CCN/C(=C\C(=N)Nc2cc(-c3ccnc(N4CCn5c6c(c(F)c5C4=O)CCCC6)c3C=O)cn(C)c2=O)C1. The fourth-order valence-electron chi connectivity index (χ4n) is 6.19. The van der Waals surface area contributed by atoms with Gasteiger partial charge in [0.1, 0.15) is 23.0 Å². The number of rotatable bonds is 5. The van der Waals surface area contributed by atoms with Gasteiger partial charge in [0.2, 0.25) is 0 Å². The number of nitrogens with one attached hydrogen (secondary N) is 3. The second-order valence-corrected chi connectivity index (χ2v) is 11.0. The number of pyridine rings is 2. The Bertz CT molecular complexity index is 1710. The van der Waals surface area contributed by atoms with Gasteiger partial charge in [-0.3, -0.25) is 29.6 Å². The second kappa shape index (κ2) is 11.0. The first-order chi connectivity index (χ1) is 20.3. The van der Waals surface area contributed by atoms with Gasteiger partial charge in [-0.15, -0.1) is 0 Å². The lowest BCUT2D eigenvalue weighted by Gasteiger charge is -2.30. The summed E-state index contributed by atoms with van der Waals surface area (Å²) in [6.07, 6.45) is 8.60. The molecule has 1 amide bonds. The van der Waals surface area contributed by atoms with Crippen LogP contribution in [0.25, 0.3) is 11.1 Å². The van der Waals surface area contributed by atoms with Gasteiger partial charge in [-0.25, -0.2) is 9.37 Å². The molecule has 3 aliphatic rings. The van der Waals surface area contributed by atoms with Crippen molar-refractivity contribution in [3.05, 3.63) is 75.0 Å². The predicted molar refractivity (Wildman–Crippen MR) is 158 cm³/mol. The number of hydrogen-bond donors (Lipinski definition) is 3. The molecule has 12 heteroatoms. The molecule has 42 heavy (non-hydrogen) atoms. The lowest BCUT2D eigenvalue weighted by atomic mass is 9.97. The highest BCUT2D eigenvalue weighted by atomic mass is 19.1. The van der Waals surface area contributed by atoms with Crippen LogP contribution in [0.5, 0.6) is 0 Å². The third-order valence-electron chi connectivity index (χ3n) is 8.21. The quantitative estimate of drug-likeness (QED) is 0.244. The Hall–Kier alpha value is -4.58. The number of amidine groups is 1. The normalized spacial score (nSPS) is 17.9. The summed E-state index contributed by atoms with van der Waals surface area (Å²) in [5, 5.41) is 14.6. The number of carbonyl (C=O) groups is 2. The molecule has 218 valence electrons. The highest BCUT2D eigenvalue weighted by Gasteiger charge is 2.36. The van der Waals surface area contributed by atoms with Crippen LogP contribution < -0.4 is 21.1 Å². The van der Waals surface area contributed by atoms with Gasteiger partial charge in [0, 0.05) is 80.8 Å². The largest absolute Gasteiger partial charge is 0.386 e. The predicted octanol–water partition coefficient (Wildman–Crippen LogP) is 2.55. The summed E-state index contributed by atoms with van der Waals surface area (Å²) in [5.74, 6) is -0.804. The fourth-order valence-corrected chi connectivity index (χ4v) is 6.19. The van der Waals surface area contributed by atoms with E-state index in [-0.39, 0.29) is 40.7 Å². The molecule has 0 radical (unpaired) electrons. The number of piperazine rings is 1. The maximum atomic E-state index is 15.4. The molecule has 5 heterocycles. The lowest BCUT2D eigenvalue weighted by molar-refractivity contribution is 0.0959. The van der Waals surface area contributed by atoms with Crippen molar-refractivity contribution in [3.8, 4) is 11.1 Å². The Balaban J connectivity index is 1.34. The summed E-state index contributed by atoms with van der Waals surface area (Å²) in [7, 11) is 3.59. The summed E-state index contributed by atoms with van der Waals surface area (Å²) >= 11 is 0. The molecule has 0 aromatic carbocycles. The van der Waals surface area contributed by atoms with Crippen molar-refractivity contribution < 1.29 is 14.0 Å². The van der Waals surface area contributed by atoms with Gasteiger partial charge < -0.3 is 19.8 Å². The zero-order chi connectivity index (χ0) is 29.5. The van der Waals surface area contributed by atoms with Gasteiger partial charge in [0.25, 0.3) is 11.5 Å². The van der Waals surface area contributed by atoms with Crippen molar-refractivity contribution in [1.82, 2.24) is 24.3 Å². The number of aryl methyl sites for hydroxylation is 1. The molecule has 3 N–H and O–H groups in total. The van der Waals surface area contributed by atoms with Gasteiger partial charge in [-0.1, -0.05) is 0 Å². The maximum Gasteiger partial charge on any atom is 0.279 e. The Morgan fingerprint density at radius 3 is 2.76 bits per heavy atom. The molecule has 1 fully saturated rings. The lowest BCUT2D eigenvalue weighted by Crippen LogP contribution is -2.42. The fraction of sp³-hybridized carbons (Fsp3) is 0.367. The van der Waals surface area contributed by atoms with Gasteiger partial charge >= 0.3 is 0 Å². The molecule has 3 aromatic heterocycles. The number of aromatic nitrogens is 3. The van der Waals surface area contributed by atoms with Crippen LogP contribution >= 0.6 is 0 Å². The van der Waals surface area contributed by atoms with Crippen molar-refractivity contribution in [2.45, 2.75) is 32.2 Å². The van der Waals surface area contributed by atoms with Crippen molar-refractivity contribution >= 4 is 29.5 Å². The molecule has 0 atom stereocenters. The van der Waals surface area contributed by atoms with Crippen LogP contribution in [-0.4, -0.2) is 70.3 Å². The number of likely N-dealkylation sites (N-methyl/N-ethyl adjacent to an activating group) is 1. The molecule has 6 rings (SSSR count). The number of nitrogens with zero attached hydrogens (tertiary/aromatic N) is 5.